The topological polar surface area (TPSA) is 75.1 Å². The molecule has 1 saturated heterocycles. The van der Waals surface area contributed by atoms with Crippen molar-refractivity contribution in [1.82, 2.24) is 10.6 Å². The van der Waals surface area contributed by atoms with Crippen LogP contribution in [0.25, 0.3) is 0 Å². The van der Waals surface area contributed by atoms with Crippen LogP contribution in [-0.4, -0.2) is 57.1 Å². The minimum absolute atomic E-state index is 0.0115. The van der Waals surface area contributed by atoms with Crippen molar-refractivity contribution < 1.29 is 14.6 Å². The highest BCUT2D eigenvalue weighted by molar-refractivity contribution is 5.79. The lowest BCUT2D eigenvalue weighted by atomic mass is 9.84. The zero-order chi connectivity index (χ0) is 19.2. The monoisotopic (exact) mass is 377 g/mol. The first-order valence-electron chi connectivity index (χ1n) is 10.1. The molecule has 0 aliphatic carbocycles. The van der Waals surface area contributed by atoms with E-state index < -0.39 is 0 Å². The molecule has 1 aromatic rings. The quantitative estimate of drug-likeness (QED) is 0.296. The van der Waals surface area contributed by atoms with Gasteiger partial charge in [0, 0.05) is 38.3 Å². The maximum absolute atomic E-state index is 9.33. The van der Waals surface area contributed by atoms with E-state index in [1.165, 1.54) is 5.56 Å². The van der Waals surface area contributed by atoms with Gasteiger partial charge in [0.1, 0.15) is 0 Å². The fraction of sp³-hybridized carbons (Fsp3) is 0.667. The van der Waals surface area contributed by atoms with E-state index in [2.05, 4.69) is 29.7 Å². The Hall–Kier alpha value is -1.63. The van der Waals surface area contributed by atoms with Gasteiger partial charge in [0.15, 0.2) is 5.96 Å². The molecular weight excluding hydrogens is 342 g/mol. The third-order valence-electron chi connectivity index (χ3n) is 4.86. The molecule has 3 N–H and O–H groups in total. The van der Waals surface area contributed by atoms with Gasteiger partial charge in [0.05, 0.1) is 19.8 Å². The largest absolute Gasteiger partial charge is 0.396 e. The van der Waals surface area contributed by atoms with Gasteiger partial charge < -0.3 is 25.2 Å². The van der Waals surface area contributed by atoms with Crippen LogP contribution >= 0.6 is 0 Å². The van der Waals surface area contributed by atoms with Gasteiger partial charge in [0.2, 0.25) is 0 Å². The van der Waals surface area contributed by atoms with Crippen LogP contribution in [0.3, 0.4) is 0 Å². The first kappa shape index (κ1) is 21.7. The van der Waals surface area contributed by atoms with E-state index in [-0.39, 0.29) is 12.0 Å². The van der Waals surface area contributed by atoms with Crippen molar-refractivity contribution in [3.8, 4) is 0 Å². The minimum atomic E-state index is -0.0115. The van der Waals surface area contributed by atoms with E-state index >= 15 is 0 Å². The van der Waals surface area contributed by atoms with Gasteiger partial charge in [-0.3, -0.25) is 4.99 Å². The van der Waals surface area contributed by atoms with E-state index in [4.69, 9.17) is 14.5 Å². The number of guanidine groups is 1. The van der Waals surface area contributed by atoms with Gasteiger partial charge in [0.25, 0.3) is 0 Å². The Bertz CT molecular complexity index is 531. The maximum Gasteiger partial charge on any atom is 0.191 e. The molecule has 6 nitrogen and oxygen atoms in total. The molecule has 1 aliphatic heterocycles. The third kappa shape index (κ3) is 8.28. The van der Waals surface area contributed by atoms with Crippen LogP contribution in [-0.2, 0) is 16.1 Å². The number of hydrogen-bond donors (Lipinski definition) is 3. The zero-order valence-electron chi connectivity index (χ0n) is 16.6. The van der Waals surface area contributed by atoms with Crippen LogP contribution < -0.4 is 10.6 Å². The van der Waals surface area contributed by atoms with Gasteiger partial charge in [-0.15, -0.1) is 0 Å². The van der Waals surface area contributed by atoms with Crippen molar-refractivity contribution in [2.45, 2.75) is 39.2 Å². The Kier molecular flexibility index (Phi) is 10.2. The summed E-state index contributed by atoms with van der Waals surface area (Å²) in [5, 5.41) is 16.0. The van der Waals surface area contributed by atoms with Crippen LogP contribution in [0.15, 0.2) is 35.3 Å². The summed E-state index contributed by atoms with van der Waals surface area (Å²) in [6.07, 6.45) is 3.76. The molecule has 1 fully saturated rings. The van der Waals surface area contributed by atoms with Gasteiger partial charge in [-0.2, -0.15) is 0 Å². The molecule has 152 valence electrons. The number of benzene rings is 1. The summed E-state index contributed by atoms with van der Waals surface area (Å²) in [4.78, 5) is 4.73. The number of ether oxygens (including phenoxy) is 2. The predicted molar refractivity (Wildman–Crippen MR) is 109 cm³/mol. The molecule has 0 radical (unpaired) electrons. The minimum Gasteiger partial charge on any atom is -0.396 e. The maximum atomic E-state index is 9.33. The lowest BCUT2D eigenvalue weighted by Gasteiger charge is -2.24. The molecule has 1 atom stereocenters. The molecule has 0 aromatic heterocycles. The summed E-state index contributed by atoms with van der Waals surface area (Å²) in [5.41, 5.74) is 1.20. The van der Waals surface area contributed by atoms with Crippen molar-refractivity contribution in [2.24, 2.45) is 10.4 Å². The number of nitrogens with one attached hydrogen (secondary N) is 2. The molecule has 27 heavy (non-hydrogen) atoms. The summed E-state index contributed by atoms with van der Waals surface area (Å²) >= 11 is 0. The fourth-order valence-corrected chi connectivity index (χ4v) is 3.18. The zero-order valence-corrected chi connectivity index (χ0v) is 16.6. The first-order chi connectivity index (χ1) is 13.3. The number of rotatable bonds is 12. The Morgan fingerprint density at radius 1 is 1.26 bits per heavy atom. The van der Waals surface area contributed by atoms with Gasteiger partial charge in [-0.1, -0.05) is 30.3 Å². The molecular formula is C21H35N3O3. The van der Waals surface area contributed by atoms with E-state index in [1.807, 2.05) is 18.2 Å². The molecule has 1 heterocycles. The summed E-state index contributed by atoms with van der Waals surface area (Å²) < 4.78 is 11.3. The lowest BCUT2D eigenvalue weighted by Crippen LogP contribution is -2.39. The number of aliphatic hydroxyl groups excluding tert-OH is 1. The molecule has 0 spiro atoms. The second kappa shape index (κ2) is 12.7. The standard InChI is InChI=1S/C21H35N3O3/c1-2-22-20(24-17-21(10-13-25)11-15-27-18-21)23-12-6-7-14-26-16-19-8-4-3-5-9-19/h3-5,8-9,25H,2,6-7,10-18H2,1H3,(H2,22,23,24). The van der Waals surface area contributed by atoms with Crippen LogP contribution in [0.5, 0.6) is 0 Å². The number of aliphatic imine (C=N–C) groups is 1. The molecule has 1 unspecified atom stereocenters. The first-order valence-corrected chi connectivity index (χ1v) is 10.1. The van der Waals surface area contributed by atoms with Crippen molar-refractivity contribution >= 4 is 5.96 Å². The molecule has 0 bridgehead atoms. The lowest BCUT2D eigenvalue weighted by molar-refractivity contribution is 0.117. The van der Waals surface area contributed by atoms with E-state index in [9.17, 15) is 5.11 Å². The smallest absolute Gasteiger partial charge is 0.191 e. The van der Waals surface area contributed by atoms with E-state index in [1.54, 1.807) is 0 Å². The molecule has 0 saturated carbocycles. The number of aliphatic hydroxyl groups is 1. The second-order valence-electron chi connectivity index (χ2n) is 7.14. The highest BCUT2D eigenvalue weighted by Crippen LogP contribution is 2.32. The van der Waals surface area contributed by atoms with E-state index in [0.29, 0.717) is 19.8 Å². The molecule has 6 heteroatoms. The average Bonchev–Trinajstić information content (AvgIpc) is 3.15. The Balaban J connectivity index is 1.63. The van der Waals surface area contributed by atoms with Crippen molar-refractivity contribution in [2.75, 3.05) is 46.1 Å². The van der Waals surface area contributed by atoms with Crippen molar-refractivity contribution in [3.05, 3.63) is 35.9 Å². The molecule has 1 aliphatic rings. The van der Waals surface area contributed by atoms with Crippen LogP contribution in [0.4, 0.5) is 0 Å². The number of unbranched alkanes of at least 4 members (excludes halogenated alkanes) is 1. The Labute approximate surface area is 163 Å². The molecule has 0 amide bonds. The van der Waals surface area contributed by atoms with Crippen molar-refractivity contribution in [1.29, 1.82) is 0 Å². The summed E-state index contributed by atoms with van der Waals surface area (Å²) in [5.74, 6) is 0.840. The van der Waals surface area contributed by atoms with Gasteiger partial charge >= 0.3 is 0 Å². The van der Waals surface area contributed by atoms with Crippen molar-refractivity contribution in [3.63, 3.8) is 0 Å². The number of hydrogen-bond acceptors (Lipinski definition) is 4. The highest BCUT2D eigenvalue weighted by Gasteiger charge is 2.34. The summed E-state index contributed by atoms with van der Waals surface area (Å²) in [7, 11) is 0. The highest BCUT2D eigenvalue weighted by atomic mass is 16.5. The fourth-order valence-electron chi connectivity index (χ4n) is 3.18. The van der Waals surface area contributed by atoms with Gasteiger partial charge in [-0.25, -0.2) is 0 Å². The molecule has 1 aromatic carbocycles. The number of nitrogens with zero attached hydrogens (tertiary/aromatic N) is 1. The Morgan fingerprint density at radius 3 is 2.81 bits per heavy atom. The SMILES string of the molecule is CCNC(=NCC1(CCO)CCOC1)NCCCCOCc1ccccc1. The third-order valence-corrected chi connectivity index (χ3v) is 4.86. The summed E-state index contributed by atoms with van der Waals surface area (Å²) in [6, 6.07) is 10.3. The second-order valence-corrected chi connectivity index (χ2v) is 7.14. The van der Waals surface area contributed by atoms with Gasteiger partial charge in [-0.05, 0) is 38.2 Å². The molecule has 2 rings (SSSR count). The van der Waals surface area contributed by atoms with Crippen LogP contribution in [0.2, 0.25) is 0 Å². The van der Waals surface area contributed by atoms with Crippen LogP contribution in [0.1, 0.15) is 38.2 Å². The van der Waals surface area contributed by atoms with E-state index in [0.717, 1.165) is 57.9 Å². The van der Waals surface area contributed by atoms with Crippen LogP contribution in [0, 0.1) is 5.41 Å². The normalized spacial score (nSPS) is 20.0. The predicted octanol–water partition coefficient (Wildman–Crippen LogP) is 2.33. The Morgan fingerprint density at radius 2 is 2.11 bits per heavy atom. The summed E-state index contributed by atoms with van der Waals surface area (Å²) in [6.45, 7) is 7.53. The average molecular weight is 378 g/mol.